The number of imidazole rings is 1. The third-order valence-electron chi connectivity index (χ3n) is 5.66. The summed E-state index contributed by atoms with van der Waals surface area (Å²) in [6.07, 6.45) is 4.54. The molecule has 3 heterocycles. The van der Waals surface area contributed by atoms with Gasteiger partial charge in [0.1, 0.15) is 0 Å². The van der Waals surface area contributed by atoms with Gasteiger partial charge >= 0.3 is 0 Å². The van der Waals surface area contributed by atoms with Gasteiger partial charge in [-0.15, -0.1) is 11.3 Å². The summed E-state index contributed by atoms with van der Waals surface area (Å²) in [7, 11) is 1.76. The summed E-state index contributed by atoms with van der Waals surface area (Å²) in [5.41, 5.74) is 3.63. The molecule has 1 aliphatic heterocycles. The van der Waals surface area contributed by atoms with E-state index in [0.29, 0.717) is 16.5 Å². The highest BCUT2D eigenvalue weighted by Gasteiger charge is 2.27. The van der Waals surface area contributed by atoms with Gasteiger partial charge in [-0.25, -0.2) is 4.98 Å². The van der Waals surface area contributed by atoms with Gasteiger partial charge in [0.05, 0.1) is 21.6 Å². The summed E-state index contributed by atoms with van der Waals surface area (Å²) in [5, 5.41) is 8.59. The van der Waals surface area contributed by atoms with Crippen molar-refractivity contribution in [1.82, 2.24) is 14.9 Å². The lowest BCUT2D eigenvalue weighted by Gasteiger charge is -2.24. The molecule has 2 N–H and O–H groups in total. The number of aryl methyl sites for hydroxylation is 1. The van der Waals surface area contributed by atoms with Gasteiger partial charge in [-0.2, -0.15) is 0 Å². The second-order valence-corrected chi connectivity index (χ2v) is 8.75. The summed E-state index contributed by atoms with van der Waals surface area (Å²) in [6, 6.07) is 8.00. The van der Waals surface area contributed by atoms with Gasteiger partial charge in [-0.1, -0.05) is 25.1 Å². The number of aromatic nitrogens is 2. The first-order valence-corrected chi connectivity index (χ1v) is 11.4. The van der Waals surface area contributed by atoms with Crippen molar-refractivity contribution in [2.45, 2.75) is 32.2 Å². The molecule has 0 aliphatic carbocycles. The van der Waals surface area contributed by atoms with Crippen LogP contribution in [0.2, 0.25) is 0 Å². The number of nitrogens with zero attached hydrogens (tertiary/aromatic N) is 3. The molecular formula is C23H27N5O2S. The Labute approximate surface area is 185 Å². The van der Waals surface area contributed by atoms with E-state index < -0.39 is 0 Å². The standard InChI is InChI=1S/C23H27N5O2S/c1-4-19(29)26-20-12-16(14-31-20)22(30)27(3)23-25-18-10-7-8-15(2)21(18)28(23)17-9-5-6-11-24-13-17/h4,7-8,10,12,14,17,24H,1,5-6,9,11,13H2,2-3H3,(H,26,29)/t17-/m1/s1. The predicted molar refractivity (Wildman–Crippen MR) is 126 cm³/mol. The SMILES string of the molecule is C=CC(=O)Nc1cc(C(=O)N(C)c2nc3cccc(C)c3n2[C@@H]2CCCCNC2)cs1. The van der Waals surface area contributed by atoms with Gasteiger partial charge in [0.15, 0.2) is 0 Å². The lowest BCUT2D eigenvalue weighted by molar-refractivity contribution is -0.111. The average molecular weight is 438 g/mol. The molecule has 31 heavy (non-hydrogen) atoms. The number of rotatable bonds is 5. The highest BCUT2D eigenvalue weighted by atomic mass is 32.1. The lowest BCUT2D eigenvalue weighted by atomic mass is 10.1. The average Bonchev–Trinajstić information content (AvgIpc) is 3.29. The van der Waals surface area contributed by atoms with E-state index in [1.165, 1.54) is 17.4 Å². The van der Waals surface area contributed by atoms with Crippen LogP contribution in [-0.2, 0) is 4.79 Å². The number of benzene rings is 1. The fourth-order valence-electron chi connectivity index (χ4n) is 4.08. The van der Waals surface area contributed by atoms with E-state index in [4.69, 9.17) is 4.98 Å². The maximum absolute atomic E-state index is 13.3. The number of anilines is 2. The zero-order chi connectivity index (χ0) is 22.0. The molecule has 1 saturated heterocycles. The number of amides is 2. The molecule has 8 heteroatoms. The van der Waals surface area contributed by atoms with Crippen molar-refractivity contribution >= 4 is 45.1 Å². The minimum Gasteiger partial charge on any atom is -0.315 e. The summed E-state index contributed by atoms with van der Waals surface area (Å²) in [4.78, 5) is 31.3. The molecule has 0 bridgehead atoms. The lowest BCUT2D eigenvalue weighted by Crippen LogP contribution is -2.31. The molecule has 1 aliphatic rings. The van der Waals surface area contributed by atoms with Crippen LogP contribution in [0.3, 0.4) is 0 Å². The van der Waals surface area contributed by atoms with Crippen LogP contribution in [0.5, 0.6) is 0 Å². The highest BCUT2D eigenvalue weighted by molar-refractivity contribution is 7.14. The van der Waals surface area contributed by atoms with Crippen molar-refractivity contribution in [3.05, 3.63) is 53.4 Å². The third kappa shape index (κ3) is 4.26. The number of hydrogen-bond acceptors (Lipinski definition) is 5. The maximum Gasteiger partial charge on any atom is 0.261 e. The fraction of sp³-hybridized carbons (Fsp3) is 0.348. The normalized spacial score (nSPS) is 16.6. The van der Waals surface area contributed by atoms with Crippen molar-refractivity contribution in [3.8, 4) is 0 Å². The Morgan fingerprint density at radius 3 is 3.03 bits per heavy atom. The van der Waals surface area contributed by atoms with E-state index in [1.54, 1.807) is 23.4 Å². The van der Waals surface area contributed by atoms with Crippen LogP contribution < -0.4 is 15.5 Å². The molecule has 4 rings (SSSR count). The minimum atomic E-state index is -0.299. The van der Waals surface area contributed by atoms with E-state index in [2.05, 4.69) is 34.8 Å². The zero-order valence-corrected chi connectivity index (χ0v) is 18.7. The van der Waals surface area contributed by atoms with Crippen LogP contribution in [0.1, 0.15) is 41.2 Å². The predicted octanol–water partition coefficient (Wildman–Crippen LogP) is 4.12. The Hall–Kier alpha value is -2.97. The van der Waals surface area contributed by atoms with E-state index in [-0.39, 0.29) is 17.9 Å². The van der Waals surface area contributed by atoms with Gasteiger partial charge < -0.3 is 15.2 Å². The Morgan fingerprint density at radius 1 is 1.39 bits per heavy atom. The molecule has 7 nitrogen and oxygen atoms in total. The van der Waals surface area contributed by atoms with Crippen LogP contribution in [0.4, 0.5) is 10.9 Å². The maximum atomic E-state index is 13.3. The van der Waals surface area contributed by atoms with Gasteiger partial charge in [0.2, 0.25) is 11.9 Å². The number of thiophene rings is 1. The topological polar surface area (TPSA) is 79.3 Å². The number of nitrogens with one attached hydrogen (secondary N) is 2. The number of para-hydroxylation sites is 1. The third-order valence-corrected chi connectivity index (χ3v) is 6.51. The molecule has 2 amide bonds. The summed E-state index contributed by atoms with van der Waals surface area (Å²) in [6.45, 7) is 7.41. The van der Waals surface area contributed by atoms with Crippen LogP contribution in [0, 0.1) is 6.92 Å². The smallest absolute Gasteiger partial charge is 0.261 e. The second-order valence-electron chi connectivity index (χ2n) is 7.84. The van der Waals surface area contributed by atoms with E-state index >= 15 is 0 Å². The Morgan fingerprint density at radius 2 is 2.23 bits per heavy atom. The molecule has 1 atom stereocenters. The number of hydrogen-bond donors (Lipinski definition) is 2. The summed E-state index contributed by atoms with van der Waals surface area (Å²) in [5.74, 6) is 0.185. The van der Waals surface area contributed by atoms with E-state index in [0.717, 1.165) is 48.9 Å². The molecule has 3 aromatic rings. The quantitative estimate of drug-likeness (QED) is 0.589. The fourth-order valence-corrected chi connectivity index (χ4v) is 4.86. The van der Waals surface area contributed by atoms with Crippen molar-refractivity contribution in [3.63, 3.8) is 0 Å². The minimum absolute atomic E-state index is 0.161. The zero-order valence-electron chi connectivity index (χ0n) is 17.9. The first kappa shape index (κ1) is 21.3. The molecule has 2 aromatic heterocycles. The van der Waals surface area contributed by atoms with Gasteiger partial charge in [0, 0.05) is 25.0 Å². The number of carbonyl (C=O) groups is 2. The summed E-state index contributed by atoms with van der Waals surface area (Å²) < 4.78 is 2.23. The summed E-state index contributed by atoms with van der Waals surface area (Å²) >= 11 is 1.31. The number of carbonyl (C=O) groups excluding carboxylic acids is 2. The van der Waals surface area contributed by atoms with Crippen molar-refractivity contribution in [2.24, 2.45) is 0 Å². The van der Waals surface area contributed by atoms with E-state index in [1.807, 2.05) is 12.1 Å². The Bertz CT molecular complexity index is 1120. The second kappa shape index (κ2) is 9.03. The molecule has 0 radical (unpaired) electrons. The highest BCUT2D eigenvalue weighted by Crippen LogP contribution is 2.32. The van der Waals surface area contributed by atoms with Crippen LogP contribution in [-0.4, -0.2) is 41.5 Å². The van der Waals surface area contributed by atoms with Crippen molar-refractivity contribution < 1.29 is 9.59 Å². The van der Waals surface area contributed by atoms with Crippen molar-refractivity contribution in [2.75, 3.05) is 30.4 Å². The molecule has 1 aromatic carbocycles. The van der Waals surface area contributed by atoms with Gasteiger partial charge in [0.25, 0.3) is 5.91 Å². The first-order valence-electron chi connectivity index (χ1n) is 10.5. The van der Waals surface area contributed by atoms with Crippen LogP contribution in [0.15, 0.2) is 42.3 Å². The van der Waals surface area contributed by atoms with Crippen molar-refractivity contribution in [1.29, 1.82) is 0 Å². The monoisotopic (exact) mass is 437 g/mol. The van der Waals surface area contributed by atoms with Gasteiger partial charge in [-0.05, 0) is 50.1 Å². The Balaban J connectivity index is 1.72. The largest absolute Gasteiger partial charge is 0.315 e. The Kier molecular flexibility index (Phi) is 6.20. The molecule has 0 saturated carbocycles. The van der Waals surface area contributed by atoms with Crippen LogP contribution >= 0.6 is 11.3 Å². The molecule has 0 unspecified atom stereocenters. The van der Waals surface area contributed by atoms with Gasteiger partial charge in [-0.3, -0.25) is 14.5 Å². The number of fused-ring (bicyclic) bond motifs is 1. The molecule has 0 spiro atoms. The first-order chi connectivity index (χ1) is 15.0. The van der Waals surface area contributed by atoms with E-state index in [9.17, 15) is 9.59 Å². The van der Waals surface area contributed by atoms with Crippen LogP contribution in [0.25, 0.3) is 11.0 Å². The molecule has 162 valence electrons. The molecule has 1 fully saturated rings. The molecular weight excluding hydrogens is 410 g/mol.